The molecule has 0 atom stereocenters. The lowest BCUT2D eigenvalue weighted by Gasteiger charge is -2.14. The van der Waals surface area contributed by atoms with Gasteiger partial charge in [-0.05, 0) is 31.5 Å². The Bertz CT molecular complexity index is 996. The Hall–Kier alpha value is -2.23. The Morgan fingerprint density at radius 1 is 1.30 bits per heavy atom. The smallest absolute Gasteiger partial charge is 0.256 e. The Balaban J connectivity index is 2.41. The van der Waals surface area contributed by atoms with Crippen molar-refractivity contribution < 1.29 is 17.9 Å². The van der Waals surface area contributed by atoms with E-state index in [9.17, 15) is 18.0 Å². The lowest BCUT2D eigenvalue weighted by atomic mass is 10.1. The summed E-state index contributed by atoms with van der Waals surface area (Å²) in [7, 11) is 0.860. The van der Waals surface area contributed by atoms with Gasteiger partial charge in [0.05, 0.1) is 10.4 Å². The highest BCUT2D eigenvalue weighted by Crippen LogP contribution is 2.19. The number of aromatic nitrogens is 1. The van der Waals surface area contributed by atoms with E-state index in [4.69, 9.17) is 4.74 Å². The summed E-state index contributed by atoms with van der Waals surface area (Å²) < 4.78 is 32.6. The number of amides is 1. The Morgan fingerprint density at radius 2 is 2.00 bits per heavy atom. The van der Waals surface area contributed by atoms with Gasteiger partial charge in [0.2, 0.25) is 15.5 Å². The molecule has 0 aliphatic rings. The number of fused-ring (bicyclic) bond motifs is 1. The summed E-state index contributed by atoms with van der Waals surface area (Å²) >= 11 is 0. The number of nitrogens with one attached hydrogen (secondary N) is 1. The minimum atomic E-state index is -3.68. The van der Waals surface area contributed by atoms with Crippen LogP contribution in [-0.4, -0.2) is 57.1 Å². The SMILES string of the molecule is CCOCCCNC(=O)c1cn(C)c2ccc(S(=O)(=O)N(C)C)cc2c1=O. The fraction of sp³-hybridized carbons (Fsp3) is 0.444. The number of pyridine rings is 1. The number of benzene rings is 1. The summed E-state index contributed by atoms with van der Waals surface area (Å²) in [6.45, 7) is 3.41. The molecule has 1 N–H and O–H groups in total. The second-order valence-corrected chi connectivity index (χ2v) is 8.41. The molecule has 0 unspecified atom stereocenters. The minimum absolute atomic E-state index is 0.00590. The molecule has 0 radical (unpaired) electrons. The first-order chi connectivity index (χ1) is 12.7. The van der Waals surface area contributed by atoms with Crippen molar-refractivity contribution in [2.75, 3.05) is 33.9 Å². The Kier molecular flexibility index (Phi) is 6.74. The number of hydrogen-bond donors (Lipinski definition) is 1. The number of rotatable bonds is 8. The first-order valence-electron chi connectivity index (χ1n) is 8.62. The number of hydrogen-bond acceptors (Lipinski definition) is 5. The first kappa shape index (κ1) is 21.1. The van der Waals surface area contributed by atoms with E-state index in [1.54, 1.807) is 17.7 Å². The highest BCUT2D eigenvalue weighted by molar-refractivity contribution is 7.89. The molecule has 0 aliphatic heterocycles. The summed E-state index contributed by atoms with van der Waals surface area (Å²) in [6, 6.07) is 4.33. The maximum absolute atomic E-state index is 12.8. The lowest BCUT2D eigenvalue weighted by Crippen LogP contribution is -2.31. The van der Waals surface area contributed by atoms with Crippen molar-refractivity contribution in [1.29, 1.82) is 0 Å². The van der Waals surface area contributed by atoms with Gasteiger partial charge in [0, 0.05) is 52.5 Å². The van der Waals surface area contributed by atoms with Crippen LogP contribution in [0.2, 0.25) is 0 Å². The number of sulfonamides is 1. The third-order valence-electron chi connectivity index (χ3n) is 4.14. The third kappa shape index (κ3) is 4.55. The quantitative estimate of drug-likeness (QED) is 0.671. The number of aryl methyl sites for hydroxylation is 1. The number of carbonyl (C=O) groups excluding carboxylic acids is 1. The normalized spacial score (nSPS) is 11.9. The van der Waals surface area contributed by atoms with E-state index in [1.807, 2.05) is 6.92 Å². The van der Waals surface area contributed by atoms with Crippen LogP contribution in [0.5, 0.6) is 0 Å². The van der Waals surface area contributed by atoms with Crippen molar-refractivity contribution in [3.05, 3.63) is 40.2 Å². The van der Waals surface area contributed by atoms with Crippen LogP contribution in [0.1, 0.15) is 23.7 Å². The molecule has 0 saturated carbocycles. The van der Waals surface area contributed by atoms with Gasteiger partial charge < -0.3 is 14.6 Å². The topological polar surface area (TPSA) is 97.7 Å². The van der Waals surface area contributed by atoms with Crippen molar-refractivity contribution in [1.82, 2.24) is 14.2 Å². The second kappa shape index (κ2) is 8.64. The molecule has 0 spiro atoms. The standard InChI is InChI=1S/C18H25N3O5S/c1-5-26-10-6-9-19-18(23)15-12-21(4)16-8-7-13(11-14(16)17(15)22)27(24,25)20(2)3/h7-8,11-12H,5-6,9-10H2,1-4H3,(H,19,23). The highest BCUT2D eigenvalue weighted by Gasteiger charge is 2.20. The van der Waals surface area contributed by atoms with Crippen molar-refractivity contribution >= 4 is 26.8 Å². The molecule has 1 aromatic heterocycles. The van der Waals surface area contributed by atoms with Gasteiger partial charge in [-0.3, -0.25) is 9.59 Å². The van der Waals surface area contributed by atoms with Gasteiger partial charge in [0.15, 0.2) is 0 Å². The molecular formula is C18H25N3O5S. The van der Waals surface area contributed by atoms with Crippen molar-refractivity contribution in [2.24, 2.45) is 7.05 Å². The van der Waals surface area contributed by atoms with Gasteiger partial charge >= 0.3 is 0 Å². The number of ether oxygens (including phenoxy) is 1. The van der Waals surface area contributed by atoms with Gasteiger partial charge in [-0.15, -0.1) is 0 Å². The first-order valence-corrected chi connectivity index (χ1v) is 10.1. The van der Waals surface area contributed by atoms with E-state index in [2.05, 4.69) is 5.32 Å². The Labute approximate surface area is 158 Å². The van der Waals surface area contributed by atoms with E-state index in [0.29, 0.717) is 31.7 Å². The van der Waals surface area contributed by atoms with E-state index in [1.165, 1.54) is 32.4 Å². The molecule has 1 aromatic carbocycles. The van der Waals surface area contributed by atoms with Gasteiger partial charge in [-0.2, -0.15) is 0 Å². The highest BCUT2D eigenvalue weighted by atomic mass is 32.2. The molecule has 148 valence electrons. The van der Waals surface area contributed by atoms with Crippen LogP contribution in [0.3, 0.4) is 0 Å². The maximum atomic E-state index is 12.8. The average Bonchev–Trinajstić information content (AvgIpc) is 2.63. The van der Waals surface area contributed by atoms with Crippen LogP contribution >= 0.6 is 0 Å². The van der Waals surface area contributed by atoms with E-state index < -0.39 is 21.4 Å². The van der Waals surface area contributed by atoms with Gasteiger partial charge in [0.25, 0.3) is 5.91 Å². The lowest BCUT2D eigenvalue weighted by molar-refractivity contribution is 0.0942. The summed E-state index contributed by atoms with van der Waals surface area (Å²) in [6.07, 6.45) is 2.10. The zero-order chi connectivity index (χ0) is 20.2. The van der Waals surface area contributed by atoms with E-state index in [0.717, 1.165) is 4.31 Å². The third-order valence-corrected chi connectivity index (χ3v) is 5.95. The van der Waals surface area contributed by atoms with Crippen LogP contribution in [0.25, 0.3) is 10.9 Å². The molecule has 0 saturated heterocycles. The molecule has 0 aliphatic carbocycles. The molecule has 27 heavy (non-hydrogen) atoms. The Morgan fingerprint density at radius 3 is 2.63 bits per heavy atom. The molecule has 0 fully saturated rings. The summed E-state index contributed by atoms with van der Waals surface area (Å²) in [4.78, 5) is 25.2. The average molecular weight is 395 g/mol. The van der Waals surface area contributed by atoms with Crippen LogP contribution in [0.15, 0.2) is 34.1 Å². The van der Waals surface area contributed by atoms with Crippen LogP contribution < -0.4 is 10.7 Å². The predicted molar refractivity (Wildman–Crippen MR) is 104 cm³/mol. The molecule has 2 aromatic rings. The van der Waals surface area contributed by atoms with Crippen molar-refractivity contribution in [3.8, 4) is 0 Å². The predicted octanol–water partition coefficient (Wildman–Crippen LogP) is 0.945. The molecule has 1 heterocycles. The summed E-state index contributed by atoms with van der Waals surface area (Å²) in [5, 5.41) is 2.88. The van der Waals surface area contributed by atoms with Crippen molar-refractivity contribution in [3.63, 3.8) is 0 Å². The van der Waals surface area contributed by atoms with Gasteiger partial charge in [-0.1, -0.05) is 0 Å². The molecule has 1 amide bonds. The van der Waals surface area contributed by atoms with Crippen LogP contribution in [-0.2, 0) is 21.8 Å². The minimum Gasteiger partial charge on any atom is -0.382 e. The summed E-state index contributed by atoms with van der Waals surface area (Å²) in [5.41, 5.74) is 0.0210. The van der Waals surface area contributed by atoms with Crippen LogP contribution in [0, 0.1) is 0 Å². The van der Waals surface area contributed by atoms with E-state index >= 15 is 0 Å². The van der Waals surface area contributed by atoms with Crippen LogP contribution in [0.4, 0.5) is 0 Å². The molecular weight excluding hydrogens is 370 g/mol. The largest absolute Gasteiger partial charge is 0.382 e. The second-order valence-electron chi connectivity index (χ2n) is 6.26. The maximum Gasteiger partial charge on any atom is 0.256 e. The zero-order valence-corrected chi connectivity index (χ0v) is 16.8. The number of nitrogens with zero attached hydrogens (tertiary/aromatic N) is 2. The van der Waals surface area contributed by atoms with Gasteiger partial charge in [0.1, 0.15) is 5.56 Å². The van der Waals surface area contributed by atoms with Gasteiger partial charge in [-0.25, -0.2) is 12.7 Å². The van der Waals surface area contributed by atoms with E-state index in [-0.39, 0.29) is 15.8 Å². The zero-order valence-electron chi connectivity index (χ0n) is 16.0. The number of carbonyl (C=O) groups is 1. The monoisotopic (exact) mass is 395 g/mol. The fourth-order valence-electron chi connectivity index (χ4n) is 2.62. The molecule has 8 nitrogen and oxygen atoms in total. The fourth-order valence-corrected chi connectivity index (χ4v) is 3.55. The molecule has 9 heteroatoms. The molecule has 0 bridgehead atoms. The molecule has 2 rings (SSSR count). The van der Waals surface area contributed by atoms with Crippen molar-refractivity contribution in [2.45, 2.75) is 18.2 Å². The summed E-state index contributed by atoms with van der Waals surface area (Å²) in [5.74, 6) is -0.491.